The maximum atomic E-state index is 13.8. The average molecular weight is 298 g/mol. The fraction of sp³-hybridized carbons (Fsp3) is 0.533. The number of hydrogen-bond donors (Lipinski definition) is 1. The molecule has 2 N–H and O–H groups in total. The summed E-state index contributed by atoms with van der Waals surface area (Å²) in [6.07, 6.45) is 1.32. The van der Waals surface area contributed by atoms with Gasteiger partial charge in [-0.15, -0.1) is 0 Å². The molecular formula is C15H20F2N2O2. The van der Waals surface area contributed by atoms with Gasteiger partial charge in [-0.1, -0.05) is 12.1 Å². The van der Waals surface area contributed by atoms with Crippen molar-refractivity contribution in [1.29, 1.82) is 0 Å². The summed E-state index contributed by atoms with van der Waals surface area (Å²) in [4.78, 5) is 13.4. The van der Waals surface area contributed by atoms with Crippen LogP contribution in [0.1, 0.15) is 24.3 Å². The van der Waals surface area contributed by atoms with Crippen LogP contribution in [0.15, 0.2) is 18.2 Å². The van der Waals surface area contributed by atoms with Crippen LogP contribution in [0.2, 0.25) is 0 Å². The van der Waals surface area contributed by atoms with Gasteiger partial charge in [-0.05, 0) is 43.5 Å². The standard InChI is InChI=1S/C15H20F2N2O2/c1-21-9-13(15(18)20)19-7-5-10(6-8-19)11-3-2-4-12(16)14(11)17/h2-4,10,13H,5-9H2,1H3,(H2,18,20). The molecule has 0 bridgehead atoms. The highest BCUT2D eigenvalue weighted by Gasteiger charge is 2.30. The van der Waals surface area contributed by atoms with Crippen LogP contribution in [0.5, 0.6) is 0 Å². The number of likely N-dealkylation sites (tertiary alicyclic amines) is 1. The zero-order chi connectivity index (χ0) is 15.4. The number of hydrogen-bond acceptors (Lipinski definition) is 3. The Morgan fingerprint density at radius 1 is 1.43 bits per heavy atom. The predicted octanol–water partition coefficient (Wildman–Crippen LogP) is 1.64. The summed E-state index contributed by atoms with van der Waals surface area (Å²) in [5, 5.41) is 0. The van der Waals surface area contributed by atoms with Crippen molar-refractivity contribution in [3.63, 3.8) is 0 Å². The predicted molar refractivity (Wildman–Crippen MR) is 74.8 cm³/mol. The van der Waals surface area contributed by atoms with Gasteiger partial charge in [0, 0.05) is 7.11 Å². The molecule has 0 aromatic heterocycles. The summed E-state index contributed by atoms with van der Waals surface area (Å²) in [6.45, 7) is 1.46. The van der Waals surface area contributed by atoms with Gasteiger partial charge in [0.25, 0.3) is 0 Å². The lowest BCUT2D eigenvalue weighted by molar-refractivity contribution is -0.125. The number of rotatable bonds is 5. The highest BCUT2D eigenvalue weighted by Crippen LogP contribution is 2.31. The second kappa shape index (κ2) is 6.95. The Morgan fingerprint density at radius 2 is 2.10 bits per heavy atom. The third kappa shape index (κ3) is 3.57. The summed E-state index contributed by atoms with van der Waals surface area (Å²) in [6, 6.07) is 3.81. The molecular weight excluding hydrogens is 278 g/mol. The SMILES string of the molecule is COCC(C(N)=O)N1CCC(c2cccc(F)c2F)CC1. The van der Waals surface area contributed by atoms with Crippen LogP contribution in [0.4, 0.5) is 8.78 Å². The normalized spacial score (nSPS) is 18.6. The topological polar surface area (TPSA) is 55.6 Å². The number of carbonyl (C=O) groups is 1. The maximum absolute atomic E-state index is 13.8. The minimum Gasteiger partial charge on any atom is -0.383 e. The minimum absolute atomic E-state index is 0.0342. The smallest absolute Gasteiger partial charge is 0.237 e. The van der Waals surface area contributed by atoms with E-state index in [4.69, 9.17) is 10.5 Å². The van der Waals surface area contributed by atoms with Crippen LogP contribution in [0, 0.1) is 11.6 Å². The molecule has 1 aliphatic rings. The van der Waals surface area contributed by atoms with Gasteiger partial charge in [0.05, 0.1) is 6.61 Å². The molecule has 1 fully saturated rings. The molecule has 1 atom stereocenters. The van der Waals surface area contributed by atoms with Crippen molar-refractivity contribution in [3.05, 3.63) is 35.4 Å². The van der Waals surface area contributed by atoms with Gasteiger partial charge in [-0.25, -0.2) is 8.78 Å². The highest BCUT2D eigenvalue weighted by atomic mass is 19.2. The largest absolute Gasteiger partial charge is 0.383 e. The van der Waals surface area contributed by atoms with Gasteiger partial charge in [0.15, 0.2) is 11.6 Å². The molecule has 1 saturated heterocycles. The van der Waals surface area contributed by atoms with E-state index in [0.29, 0.717) is 31.5 Å². The van der Waals surface area contributed by atoms with E-state index in [1.807, 2.05) is 4.90 Å². The monoisotopic (exact) mass is 298 g/mol. The number of amides is 1. The van der Waals surface area contributed by atoms with E-state index >= 15 is 0 Å². The number of nitrogens with zero attached hydrogens (tertiary/aromatic N) is 1. The molecule has 1 unspecified atom stereocenters. The number of ether oxygens (including phenoxy) is 1. The molecule has 116 valence electrons. The summed E-state index contributed by atoms with van der Waals surface area (Å²) >= 11 is 0. The number of benzene rings is 1. The lowest BCUT2D eigenvalue weighted by Gasteiger charge is -2.36. The third-order valence-corrected chi connectivity index (χ3v) is 4.04. The summed E-state index contributed by atoms with van der Waals surface area (Å²) in [7, 11) is 1.52. The van der Waals surface area contributed by atoms with Crippen molar-refractivity contribution in [2.24, 2.45) is 5.73 Å². The molecule has 4 nitrogen and oxygen atoms in total. The van der Waals surface area contributed by atoms with Gasteiger partial charge < -0.3 is 10.5 Å². The number of carbonyl (C=O) groups excluding carboxylic acids is 1. The van der Waals surface area contributed by atoms with Crippen LogP contribution in [0.25, 0.3) is 0 Å². The van der Waals surface area contributed by atoms with E-state index in [1.54, 1.807) is 6.07 Å². The minimum atomic E-state index is -0.815. The van der Waals surface area contributed by atoms with E-state index in [0.717, 1.165) is 6.07 Å². The first-order chi connectivity index (χ1) is 10.0. The summed E-state index contributed by atoms with van der Waals surface area (Å²) in [5.74, 6) is -2.04. The lowest BCUT2D eigenvalue weighted by Crippen LogP contribution is -2.50. The van der Waals surface area contributed by atoms with Gasteiger partial charge >= 0.3 is 0 Å². The quantitative estimate of drug-likeness (QED) is 0.899. The molecule has 1 heterocycles. The number of piperidine rings is 1. The van der Waals surface area contributed by atoms with Crippen LogP contribution in [0.3, 0.4) is 0 Å². The molecule has 1 aliphatic heterocycles. The van der Waals surface area contributed by atoms with Crippen molar-refractivity contribution in [2.75, 3.05) is 26.8 Å². The fourth-order valence-electron chi connectivity index (χ4n) is 2.88. The lowest BCUT2D eigenvalue weighted by atomic mass is 9.88. The molecule has 21 heavy (non-hydrogen) atoms. The third-order valence-electron chi connectivity index (χ3n) is 4.04. The Kier molecular flexibility index (Phi) is 5.25. The van der Waals surface area contributed by atoms with Crippen LogP contribution in [-0.2, 0) is 9.53 Å². The molecule has 0 spiro atoms. The maximum Gasteiger partial charge on any atom is 0.237 e. The van der Waals surface area contributed by atoms with E-state index in [1.165, 1.54) is 13.2 Å². The second-order valence-electron chi connectivity index (χ2n) is 5.33. The first-order valence-electron chi connectivity index (χ1n) is 7.00. The van der Waals surface area contributed by atoms with E-state index in [2.05, 4.69) is 0 Å². The molecule has 0 aliphatic carbocycles. The van der Waals surface area contributed by atoms with E-state index in [-0.39, 0.29) is 12.5 Å². The average Bonchev–Trinajstić information content (AvgIpc) is 2.48. The number of halogens is 2. The first-order valence-corrected chi connectivity index (χ1v) is 7.00. The number of methoxy groups -OCH3 is 1. The van der Waals surface area contributed by atoms with E-state index < -0.39 is 23.6 Å². The molecule has 1 aromatic carbocycles. The van der Waals surface area contributed by atoms with Crippen LogP contribution in [-0.4, -0.2) is 43.7 Å². The van der Waals surface area contributed by atoms with E-state index in [9.17, 15) is 13.6 Å². The zero-order valence-corrected chi connectivity index (χ0v) is 12.0. The number of nitrogens with two attached hydrogens (primary N) is 1. The molecule has 1 aromatic rings. The Labute approximate surface area is 122 Å². The van der Waals surface area contributed by atoms with Crippen molar-refractivity contribution >= 4 is 5.91 Å². The van der Waals surface area contributed by atoms with Crippen LogP contribution >= 0.6 is 0 Å². The fourth-order valence-corrected chi connectivity index (χ4v) is 2.88. The van der Waals surface area contributed by atoms with Crippen molar-refractivity contribution in [2.45, 2.75) is 24.8 Å². The molecule has 0 saturated carbocycles. The Hall–Kier alpha value is -1.53. The Bertz CT molecular complexity index is 502. The Balaban J connectivity index is 2.02. The van der Waals surface area contributed by atoms with Gasteiger partial charge in [0.2, 0.25) is 5.91 Å². The zero-order valence-electron chi connectivity index (χ0n) is 12.0. The summed E-state index contributed by atoms with van der Waals surface area (Å²) < 4.78 is 32.1. The Morgan fingerprint density at radius 3 is 2.67 bits per heavy atom. The van der Waals surface area contributed by atoms with Crippen molar-refractivity contribution in [1.82, 2.24) is 4.90 Å². The first kappa shape index (κ1) is 15.9. The molecule has 0 radical (unpaired) electrons. The highest BCUT2D eigenvalue weighted by molar-refractivity contribution is 5.80. The second-order valence-corrected chi connectivity index (χ2v) is 5.33. The molecule has 1 amide bonds. The van der Waals surface area contributed by atoms with Gasteiger partial charge in [-0.2, -0.15) is 0 Å². The number of primary amides is 1. The molecule has 6 heteroatoms. The molecule has 2 rings (SSSR count). The summed E-state index contributed by atoms with van der Waals surface area (Å²) in [5.41, 5.74) is 5.79. The van der Waals surface area contributed by atoms with Gasteiger partial charge in [0.1, 0.15) is 6.04 Å². The van der Waals surface area contributed by atoms with Crippen LogP contribution < -0.4 is 5.73 Å². The van der Waals surface area contributed by atoms with Gasteiger partial charge in [-0.3, -0.25) is 9.69 Å². The van der Waals surface area contributed by atoms with Crippen molar-refractivity contribution in [3.8, 4) is 0 Å². The van der Waals surface area contributed by atoms with Crippen molar-refractivity contribution < 1.29 is 18.3 Å².